The molecular formula is C17H20N2O4S. The molecule has 0 saturated heterocycles. The number of ether oxygens (including phenoxy) is 1. The van der Waals surface area contributed by atoms with Crippen LogP contribution in [0.4, 0.5) is 11.4 Å². The van der Waals surface area contributed by atoms with E-state index >= 15 is 0 Å². The first-order chi connectivity index (χ1) is 11.1. The maximum atomic E-state index is 12.5. The predicted molar refractivity (Wildman–Crippen MR) is 94.7 cm³/mol. The monoisotopic (exact) mass is 348 g/mol. The van der Waals surface area contributed by atoms with E-state index in [9.17, 15) is 14.7 Å². The average Bonchev–Trinajstić information content (AvgIpc) is 2.83. The van der Waals surface area contributed by atoms with E-state index in [4.69, 9.17) is 10.5 Å². The molecule has 0 fully saturated rings. The smallest absolute Gasteiger partial charge is 0.342 e. The summed E-state index contributed by atoms with van der Waals surface area (Å²) in [6.07, 6.45) is 0. The van der Waals surface area contributed by atoms with Crippen LogP contribution in [0.2, 0.25) is 0 Å². The molecule has 7 heteroatoms. The molecule has 0 aliphatic rings. The zero-order valence-electron chi connectivity index (χ0n) is 14.0. The number of esters is 1. The lowest BCUT2D eigenvalue weighted by Gasteiger charge is -2.19. The lowest BCUT2D eigenvalue weighted by molar-refractivity contribution is 0.00698. The number of nitrogen functional groups attached to an aromatic ring is 1. The average molecular weight is 348 g/mol. The number of carbonyl (C=O) groups is 2. The Labute approximate surface area is 144 Å². The first-order valence-electron chi connectivity index (χ1n) is 7.30. The number of benzene rings is 1. The molecule has 4 N–H and O–H groups in total. The number of phenols is 1. The van der Waals surface area contributed by atoms with Gasteiger partial charge in [0.15, 0.2) is 0 Å². The molecule has 1 heterocycles. The number of aryl methyl sites for hydroxylation is 1. The maximum Gasteiger partial charge on any atom is 0.342 e. The summed E-state index contributed by atoms with van der Waals surface area (Å²) in [7, 11) is 0. The van der Waals surface area contributed by atoms with Crippen LogP contribution >= 0.6 is 11.3 Å². The molecule has 128 valence electrons. The molecule has 0 saturated carbocycles. The Kier molecular flexibility index (Phi) is 4.84. The molecule has 1 amide bonds. The number of rotatable bonds is 3. The van der Waals surface area contributed by atoms with E-state index in [1.165, 1.54) is 11.4 Å². The van der Waals surface area contributed by atoms with Gasteiger partial charge in [0.05, 0.1) is 5.69 Å². The summed E-state index contributed by atoms with van der Waals surface area (Å²) >= 11 is 1.06. The summed E-state index contributed by atoms with van der Waals surface area (Å²) in [5.74, 6) is -1.05. The van der Waals surface area contributed by atoms with Crippen LogP contribution in [0.1, 0.15) is 46.4 Å². The van der Waals surface area contributed by atoms with Gasteiger partial charge in [-0.2, -0.15) is 0 Å². The minimum atomic E-state index is -0.693. The Bertz CT molecular complexity index is 790. The molecule has 0 aliphatic heterocycles. The van der Waals surface area contributed by atoms with Crippen molar-refractivity contribution in [2.45, 2.75) is 33.3 Å². The normalized spacial score (nSPS) is 11.2. The molecule has 0 atom stereocenters. The van der Waals surface area contributed by atoms with Crippen molar-refractivity contribution in [1.29, 1.82) is 0 Å². The number of nitrogens with two attached hydrogens (primary N) is 1. The van der Waals surface area contributed by atoms with E-state index in [1.807, 2.05) is 0 Å². The summed E-state index contributed by atoms with van der Waals surface area (Å²) in [5, 5.41) is 13.9. The van der Waals surface area contributed by atoms with Crippen molar-refractivity contribution >= 4 is 34.6 Å². The molecule has 0 radical (unpaired) electrons. The Hall–Kier alpha value is -2.54. The van der Waals surface area contributed by atoms with Gasteiger partial charge in [0.1, 0.15) is 21.8 Å². The molecule has 24 heavy (non-hydrogen) atoms. The third-order valence-electron chi connectivity index (χ3n) is 3.10. The molecule has 1 aromatic carbocycles. The standard InChI is InChI=1S/C17H20N2O4S/c1-9-5-6-10(7-12(9)20)19-15(21)14-13(11(18)8-24-14)16(22)23-17(2,3)4/h5-8,20H,18H2,1-4H3,(H,19,21). The number of nitrogens with one attached hydrogen (secondary N) is 1. The number of amides is 1. The van der Waals surface area contributed by atoms with E-state index in [-0.39, 0.29) is 21.9 Å². The van der Waals surface area contributed by atoms with Gasteiger partial charge in [-0.3, -0.25) is 4.79 Å². The Morgan fingerprint density at radius 1 is 1.29 bits per heavy atom. The Morgan fingerprint density at radius 3 is 2.54 bits per heavy atom. The van der Waals surface area contributed by atoms with Crippen LogP contribution in [0.25, 0.3) is 0 Å². The highest BCUT2D eigenvalue weighted by Crippen LogP contribution is 2.29. The molecule has 1 aromatic heterocycles. The number of anilines is 2. The molecule has 2 rings (SSSR count). The first kappa shape index (κ1) is 17.8. The minimum Gasteiger partial charge on any atom is -0.508 e. The number of thiophene rings is 1. The number of aromatic hydroxyl groups is 1. The SMILES string of the molecule is Cc1ccc(NC(=O)c2scc(N)c2C(=O)OC(C)(C)C)cc1O. The van der Waals surface area contributed by atoms with Crippen LogP contribution in [0.5, 0.6) is 5.75 Å². The summed E-state index contributed by atoms with van der Waals surface area (Å²) in [4.78, 5) is 24.9. The molecular weight excluding hydrogens is 328 g/mol. The fourth-order valence-corrected chi connectivity index (χ4v) is 2.79. The third-order valence-corrected chi connectivity index (χ3v) is 4.09. The molecule has 6 nitrogen and oxygen atoms in total. The summed E-state index contributed by atoms with van der Waals surface area (Å²) < 4.78 is 5.31. The van der Waals surface area contributed by atoms with Crippen LogP contribution < -0.4 is 11.1 Å². The van der Waals surface area contributed by atoms with Crippen LogP contribution in [0.15, 0.2) is 23.6 Å². The largest absolute Gasteiger partial charge is 0.508 e. The minimum absolute atomic E-state index is 0.0590. The van der Waals surface area contributed by atoms with Gasteiger partial charge in [-0.25, -0.2) is 4.79 Å². The van der Waals surface area contributed by atoms with E-state index in [0.717, 1.165) is 11.3 Å². The summed E-state index contributed by atoms with van der Waals surface area (Å²) in [6, 6.07) is 4.79. The summed E-state index contributed by atoms with van der Waals surface area (Å²) in [5.41, 5.74) is 6.51. The van der Waals surface area contributed by atoms with Crippen LogP contribution in [-0.2, 0) is 4.74 Å². The van der Waals surface area contributed by atoms with Gasteiger partial charge in [0.2, 0.25) is 0 Å². The van der Waals surface area contributed by atoms with Gasteiger partial charge in [0.25, 0.3) is 5.91 Å². The lowest BCUT2D eigenvalue weighted by atomic mass is 10.1. The van der Waals surface area contributed by atoms with Crippen molar-refractivity contribution in [3.8, 4) is 5.75 Å². The van der Waals surface area contributed by atoms with Crippen molar-refractivity contribution in [3.63, 3.8) is 0 Å². The van der Waals surface area contributed by atoms with Crippen molar-refractivity contribution in [2.75, 3.05) is 11.1 Å². The highest BCUT2D eigenvalue weighted by atomic mass is 32.1. The third kappa shape index (κ3) is 4.05. The van der Waals surface area contributed by atoms with E-state index < -0.39 is 17.5 Å². The highest BCUT2D eigenvalue weighted by Gasteiger charge is 2.27. The van der Waals surface area contributed by atoms with Gasteiger partial charge in [-0.1, -0.05) is 6.07 Å². The lowest BCUT2D eigenvalue weighted by Crippen LogP contribution is -2.25. The second-order valence-corrected chi connectivity index (χ2v) is 7.23. The fraction of sp³-hybridized carbons (Fsp3) is 0.294. The molecule has 0 spiro atoms. The zero-order chi connectivity index (χ0) is 18.1. The number of carbonyl (C=O) groups excluding carboxylic acids is 2. The second-order valence-electron chi connectivity index (χ2n) is 6.35. The van der Waals surface area contributed by atoms with Crippen LogP contribution in [0.3, 0.4) is 0 Å². The number of hydrogen-bond donors (Lipinski definition) is 3. The van der Waals surface area contributed by atoms with E-state index in [1.54, 1.807) is 39.8 Å². The van der Waals surface area contributed by atoms with Gasteiger partial charge < -0.3 is 20.9 Å². The Balaban J connectivity index is 2.27. The van der Waals surface area contributed by atoms with Gasteiger partial charge >= 0.3 is 5.97 Å². The van der Waals surface area contributed by atoms with E-state index in [2.05, 4.69) is 5.32 Å². The van der Waals surface area contributed by atoms with Crippen molar-refractivity contribution in [1.82, 2.24) is 0 Å². The number of phenolic OH excluding ortho intramolecular Hbond substituents is 1. The quantitative estimate of drug-likeness (QED) is 0.736. The molecule has 0 unspecified atom stereocenters. The maximum absolute atomic E-state index is 12.5. The number of hydrogen-bond acceptors (Lipinski definition) is 6. The Morgan fingerprint density at radius 2 is 1.96 bits per heavy atom. The molecule has 0 bridgehead atoms. The van der Waals surface area contributed by atoms with Gasteiger partial charge in [-0.05, 0) is 39.3 Å². The van der Waals surface area contributed by atoms with E-state index in [0.29, 0.717) is 11.3 Å². The van der Waals surface area contributed by atoms with Crippen molar-refractivity contribution in [2.24, 2.45) is 0 Å². The van der Waals surface area contributed by atoms with Crippen molar-refractivity contribution < 1.29 is 19.4 Å². The van der Waals surface area contributed by atoms with Crippen LogP contribution in [0, 0.1) is 6.92 Å². The second kappa shape index (κ2) is 6.52. The molecule has 2 aromatic rings. The fourth-order valence-electron chi connectivity index (χ4n) is 1.95. The summed E-state index contributed by atoms with van der Waals surface area (Å²) in [6.45, 7) is 6.97. The first-order valence-corrected chi connectivity index (χ1v) is 8.17. The van der Waals surface area contributed by atoms with Gasteiger partial charge in [0, 0.05) is 17.1 Å². The zero-order valence-corrected chi connectivity index (χ0v) is 14.8. The highest BCUT2D eigenvalue weighted by molar-refractivity contribution is 7.13. The topological polar surface area (TPSA) is 102 Å². The van der Waals surface area contributed by atoms with Crippen molar-refractivity contribution in [3.05, 3.63) is 39.6 Å². The predicted octanol–water partition coefficient (Wildman–Crippen LogP) is 3.55. The van der Waals surface area contributed by atoms with Crippen LogP contribution in [-0.4, -0.2) is 22.6 Å². The molecule has 0 aliphatic carbocycles. The van der Waals surface area contributed by atoms with Gasteiger partial charge in [-0.15, -0.1) is 11.3 Å².